The van der Waals surface area contributed by atoms with Gasteiger partial charge in [0.25, 0.3) is 0 Å². The lowest BCUT2D eigenvalue weighted by atomic mass is 10.1. The van der Waals surface area contributed by atoms with Crippen molar-refractivity contribution < 1.29 is 14.3 Å². The topological polar surface area (TPSA) is 59.6 Å². The molecule has 0 aromatic heterocycles. The standard InChI is InChI=1S/C14H20N2O3/c1-10-7-12(18-2)3-4-13(10)16-14(17)15-8-11-5-6-19-9-11/h3-4,7,11H,5-6,8-9H2,1-2H3,(H2,15,16,17)/t11-/m1/s1. The SMILES string of the molecule is COc1ccc(NC(=O)NC[C@H]2CCOC2)c(C)c1. The summed E-state index contributed by atoms with van der Waals surface area (Å²) in [5, 5.41) is 5.71. The quantitative estimate of drug-likeness (QED) is 0.876. The summed E-state index contributed by atoms with van der Waals surface area (Å²) in [6.07, 6.45) is 1.02. The molecular formula is C14H20N2O3. The maximum atomic E-state index is 11.8. The van der Waals surface area contributed by atoms with Crippen molar-refractivity contribution >= 4 is 11.7 Å². The fourth-order valence-electron chi connectivity index (χ4n) is 2.05. The van der Waals surface area contributed by atoms with Crippen LogP contribution >= 0.6 is 0 Å². The van der Waals surface area contributed by atoms with Gasteiger partial charge >= 0.3 is 6.03 Å². The molecule has 1 aliphatic rings. The fourth-order valence-corrected chi connectivity index (χ4v) is 2.05. The molecule has 0 radical (unpaired) electrons. The van der Waals surface area contributed by atoms with Gasteiger partial charge in [-0.15, -0.1) is 0 Å². The molecule has 5 nitrogen and oxygen atoms in total. The van der Waals surface area contributed by atoms with E-state index in [2.05, 4.69) is 10.6 Å². The van der Waals surface area contributed by atoms with Crippen LogP contribution in [0.25, 0.3) is 0 Å². The van der Waals surface area contributed by atoms with Gasteiger partial charge in [0.05, 0.1) is 13.7 Å². The average molecular weight is 264 g/mol. The Morgan fingerprint density at radius 3 is 3.00 bits per heavy atom. The number of carbonyl (C=O) groups excluding carboxylic acids is 1. The third kappa shape index (κ3) is 3.86. The number of hydrogen-bond acceptors (Lipinski definition) is 3. The van der Waals surface area contributed by atoms with Gasteiger partial charge in [-0.3, -0.25) is 0 Å². The minimum absolute atomic E-state index is 0.180. The summed E-state index contributed by atoms with van der Waals surface area (Å²) >= 11 is 0. The van der Waals surface area contributed by atoms with E-state index in [0.717, 1.165) is 36.6 Å². The summed E-state index contributed by atoms with van der Waals surface area (Å²) in [6, 6.07) is 5.38. The zero-order valence-corrected chi connectivity index (χ0v) is 11.4. The Balaban J connectivity index is 1.84. The summed E-state index contributed by atoms with van der Waals surface area (Å²) in [5.74, 6) is 1.22. The highest BCUT2D eigenvalue weighted by Gasteiger charge is 2.16. The van der Waals surface area contributed by atoms with Gasteiger partial charge in [-0.05, 0) is 37.1 Å². The van der Waals surface area contributed by atoms with Crippen molar-refractivity contribution in [3.05, 3.63) is 23.8 Å². The minimum atomic E-state index is -0.180. The molecular weight excluding hydrogens is 244 g/mol. The normalized spacial score (nSPS) is 18.1. The summed E-state index contributed by atoms with van der Waals surface area (Å²) in [6.45, 7) is 4.12. The molecule has 2 N–H and O–H groups in total. The highest BCUT2D eigenvalue weighted by atomic mass is 16.5. The highest BCUT2D eigenvalue weighted by Crippen LogP contribution is 2.20. The van der Waals surface area contributed by atoms with Crippen molar-refractivity contribution in [2.24, 2.45) is 5.92 Å². The lowest BCUT2D eigenvalue weighted by molar-refractivity contribution is 0.185. The molecule has 104 valence electrons. The summed E-state index contributed by atoms with van der Waals surface area (Å²) in [4.78, 5) is 11.8. The molecule has 1 atom stereocenters. The first-order valence-electron chi connectivity index (χ1n) is 6.46. The van der Waals surface area contributed by atoms with Crippen LogP contribution in [0.4, 0.5) is 10.5 Å². The van der Waals surface area contributed by atoms with Crippen LogP contribution in [0.1, 0.15) is 12.0 Å². The number of hydrogen-bond donors (Lipinski definition) is 2. The molecule has 0 spiro atoms. The van der Waals surface area contributed by atoms with Crippen LogP contribution in [0.15, 0.2) is 18.2 Å². The zero-order valence-electron chi connectivity index (χ0n) is 11.4. The molecule has 1 aromatic carbocycles. The molecule has 1 heterocycles. The van der Waals surface area contributed by atoms with Gasteiger partial charge in [0.2, 0.25) is 0 Å². The van der Waals surface area contributed by atoms with Crippen LogP contribution in [0, 0.1) is 12.8 Å². The van der Waals surface area contributed by atoms with Crippen molar-refractivity contribution in [3.63, 3.8) is 0 Å². The predicted molar refractivity (Wildman–Crippen MR) is 73.7 cm³/mol. The monoisotopic (exact) mass is 264 g/mol. The van der Waals surface area contributed by atoms with Gasteiger partial charge < -0.3 is 20.1 Å². The number of anilines is 1. The molecule has 2 rings (SSSR count). The van der Waals surface area contributed by atoms with Gasteiger partial charge in [-0.25, -0.2) is 4.79 Å². The van der Waals surface area contributed by atoms with Crippen molar-refractivity contribution in [1.82, 2.24) is 5.32 Å². The molecule has 0 bridgehead atoms. The van der Waals surface area contributed by atoms with E-state index in [9.17, 15) is 4.79 Å². The van der Waals surface area contributed by atoms with Gasteiger partial charge in [0.15, 0.2) is 0 Å². The van der Waals surface area contributed by atoms with E-state index >= 15 is 0 Å². The first kappa shape index (κ1) is 13.7. The van der Waals surface area contributed by atoms with E-state index in [4.69, 9.17) is 9.47 Å². The van der Waals surface area contributed by atoms with E-state index in [1.165, 1.54) is 0 Å². The second kappa shape index (κ2) is 6.43. The van der Waals surface area contributed by atoms with Gasteiger partial charge in [-0.2, -0.15) is 0 Å². The Kier molecular flexibility index (Phi) is 4.63. The van der Waals surface area contributed by atoms with E-state index in [1.807, 2.05) is 25.1 Å². The number of nitrogens with one attached hydrogen (secondary N) is 2. The Hall–Kier alpha value is -1.75. The molecule has 0 unspecified atom stereocenters. The number of aryl methyl sites for hydroxylation is 1. The van der Waals surface area contributed by atoms with E-state index in [0.29, 0.717) is 12.5 Å². The predicted octanol–water partition coefficient (Wildman–Crippen LogP) is 2.16. The highest BCUT2D eigenvalue weighted by molar-refractivity contribution is 5.90. The van der Waals surface area contributed by atoms with Crippen molar-refractivity contribution in [2.45, 2.75) is 13.3 Å². The first-order valence-corrected chi connectivity index (χ1v) is 6.46. The maximum Gasteiger partial charge on any atom is 0.319 e. The van der Waals surface area contributed by atoms with Crippen LogP contribution in [0.2, 0.25) is 0 Å². The molecule has 0 aliphatic carbocycles. The van der Waals surface area contributed by atoms with E-state index < -0.39 is 0 Å². The average Bonchev–Trinajstić information content (AvgIpc) is 2.92. The molecule has 5 heteroatoms. The smallest absolute Gasteiger partial charge is 0.319 e. The third-order valence-electron chi connectivity index (χ3n) is 3.26. The number of methoxy groups -OCH3 is 1. The molecule has 19 heavy (non-hydrogen) atoms. The molecule has 2 amide bonds. The zero-order chi connectivity index (χ0) is 13.7. The van der Waals surface area contributed by atoms with Crippen LogP contribution in [-0.2, 0) is 4.74 Å². The number of benzene rings is 1. The van der Waals surface area contributed by atoms with Crippen molar-refractivity contribution in [3.8, 4) is 5.75 Å². The Bertz CT molecular complexity index is 442. The van der Waals surface area contributed by atoms with E-state index in [-0.39, 0.29) is 6.03 Å². The second-order valence-electron chi connectivity index (χ2n) is 4.75. The third-order valence-corrected chi connectivity index (χ3v) is 3.26. The van der Waals surface area contributed by atoms with E-state index in [1.54, 1.807) is 7.11 Å². The van der Waals surface area contributed by atoms with Gasteiger partial charge in [-0.1, -0.05) is 0 Å². The van der Waals surface area contributed by atoms with Crippen LogP contribution in [0.3, 0.4) is 0 Å². The lowest BCUT2D eigenvalue weighted by Crippen LogP contribution is -2.33. The van der Waals surface area contributed by atoms with Crippen molar-refractivity contribution in [2.75, 3.05) is 32.2 Å². The van der Waals surface area contributed by atoms with Gasteiger partial charge in [0.1, 0.15) is 5.75 Å². The molecule has 1 saturated heterocycles. The molecule has 1 aliphatic heterocycles. The summed E-state index contributed by atoms with van der Waals surface area (Å²) in [7, 11) is 1.62. The minimum Gasteiger partial charge on any atom is -0.497 e. The van der Waals surface area contributed by atoms with Crippen molar-refractivity contribution in [1.29, 1.82) is 0 Å². The largest absolute Gasteiger partial charge is 0.497 e. The maximum absolute atomic E-state index is 11.8. The molecule has 1 fully saturated rings. The van der Waals surface area contributed by atoms with Crippen LogP contribution < -0.4 is 15.4 Å². The molecule has 0 saturated carbocycles. The van der Waals surface area contributed by atoms with Gasteiger partial charge in [0, 0.05) is 24.8 Å². The number of amides is 2. The Morgan fingerprint density at radius 2 is 2.37 bits per heavy atom. The number of urea groups is 1. The number of rotatable bonds is 4. The molecule has 1 aromatic rings. The summed E-state index contributed by atoms with van der Waals surface area (Å²) in [5.41, 5.74) is 1.76. The number of carbonyl (C=O) groups is 1. The lowest BCUT2D eigenvalue weighted by Gasteiger charge is -2.12. The second-order valence-corrected chi connectivity index (χ2v) is 4.75. The van der Waals surface area contributed by atoms with Crippen LogP contribution in [-0.4, -0.2) is 32.9 Å². The first-order chi connectivity index (χ1) is 9.19. The number of ether oxygens (including phenoxy) is 2. The summed E-state index contributed by atoms with van der Waals surface area (Å²) < 4.78 is 10.4. The fraction of sp³-hybridized carbons (Fsp3) is 0.500. The Morgan fingerprint density at radius 1 is 1.53 bits per heavy atom. The van der Waals surface area contributed by atoms with Crippen LogP contribution in [0.5, 0.6) is 5.75 Å². The Labute approximate surface area is 113 Å².